The quantitative estimate of drug-likeness (QED) is 0.888. The van der Waals surface area contributed by atoms with Crippen LogP contribution in [0.1, 0.15) is 49.8 Å². The predicted octanol–water partition coefficient (Wildman–Crippen LogP) is 3.25. The van der Waals surface area contributed by atoms with Gasteiger partial charge in [0.1, 0.15) is 11.5 Å². The molecule has 1 aromatic rings. The van der Waals surface area contributed by atoms with Gasteiger partial charge in [0.15, 0.2) is 0 Å². The molecule has 3 nitrogen and oxygen atoms in total. The molecular weight excluding hydrogens is 226 g/mol. The Morgan fingerprint density at radius 2 is 1.78 bits per heavy atom. The summed E-state index contributed by atoms with van der Waals surface area (Å²) >= 11 is 0. The van der Waals surface area contributed by atoms with Crippen LogP contribution in [0.25, 0.3) is 0 Å². The molecule has 0 saturated carbocycles. The molecule has 0 saturated heterocycles. The minimum Gasteiger partial charge on any atom is -0.496 e. The van der Waals surface area contributed by atoms with Crippen molar-refractivity contribution >= 4 is 0 Å². The molecule has 1 aliphatic rings. The summed E-state index contributed by atoms with van der Waals surface area (Å²) in [5, 5.41) is 3.62. The van der Waals surface area contributed by atoms with E-state index < -0.39 is 0 Å². The highest BCUT2D eigenvalue weighted by atomic mass is 16.5. The Labute approximate surface area is 109 Å². The average Bonchev–Trinajstić information content (AvgIpc) is 2.40. The second kappa shape index (κ2) is 5.61. The summed E-state index contributed by atoms with van der Waals surface area (Å²) in [5.41, 5.74) is 2.60. The van der Waals surface area contributed by atoms with Crippen LogP contribution in [0.5, 0.6) is 11.5 Å². The third-order valence-corrected chi connectivity index (χ3v) is 3.74. The van der Waals surface area contributed by atoms with Crippen LogP contribution < -0.4 is 14.8 Å². The molecule has 0 aliphatic carbocycles. The molecule has 0 radical (unpaired) electrons. The highest BCUT2D eigenvalue weighted by Gasteiger charge is 2.29. The molecule has 18 heavy (non-hydrogen) atoms. The molecule has 0 bridgehead atoms. The van der Waals surface area contributed by atoms with E-state index in [-0.39, 0.29) is 0 Å². The van der Waals surface area contributed by atoms with Gasteiger partial charge in [0.2, 0.25) is 0 Å². The number of rotatable bonds is 4. The molecule has 0 fully saturated rings. The Morgan fingerprint density at radius 3 is 2.33 bits per heavy atom. The fraction of sp³-hybridized carbons (Fsp3) is 0.600. The summed E-state index contributed by atoms with van der Waals surface area (Å²) in [6.07, 6.45) is 2.29. The molecule has 2 unspecified atom stereocenters. The second-order valence-electron chi connectivity index (χ2n) is 4.95. The molecule has 1 N–H and O–H groups in total. The molecule has 100 valence electrons. The van der Waals surface area contributed by atoms with Gasteiger partial charge in [0.25, 0.3) is 0 Å². The number of hydrogen-bond acceptors (Lipinski definition) is 3. The van der Waals surface area contributed by atoms with Crippen LogP contribution in [-0.2, 0) is 0 Å². The summed E-state index contributed by atoms with van der Waals surface area (Å²) in [7, 11) is 3.48. The minimum absolute atomic E-state index is 0.381. The topological polar surface area (TPSA) is 30.5 Å². The SMILES string of the molecule is CCCC1NCC(C)c2c(OC)ccc(OC)c21. The van der Waals surface area contributed by atoms with Gasteiger partial charge in [-0.1, -0.05) is 20.3 Å². The monoisotopic (exact) mass is 249 g/mol. The standard InChI is InChI=1S/C15H23NO2/c1-5-6-11-15-13(18-4)8-7-12(17-3)14(15)10(2)9-16-11/h7-8,10-11,16H,5-6,9H2,1-4H3. The lowest BCUT2D eigenvalue weighted by Gasteiger charge is -2.33. The summed E-state index contributed by atoms with van der Waals surface area (Å²) in [4.78, 5) is 0. The predicted molar refractivity (Wildman–Crippen MR) is 73.6 cm³/mol. The van der Waals surface area contributed by atoms with Crippen LogP contribution in [0.3, 0.4) is 0 Å². The fourth-order valence-corrected chi connectivity index (χ4v) is 2.88. The van der Waals surface area contributed by atoms with Crippen LogP contribution in [0, 0.1) is 0 Å². The van der Waals surface area contributed by atoms with Gasteiger partial charge in [-0.3, -0.25) is 0 Å². The number of benzene rings is 1. The number of methoxy groups -OCH3 is 2. The van der Waals surface area contributed by atoms with E-state index in [2.05, 4.69) is 19.2 Å². The van der Waals surface area contributed by atoms with E-state index in [1.54, 1.807) is 14.2 Å². The Kier molecular flexibility index (Phi) is 4.12. The summed E-state index contributed by atoms with van der Waals surface area (Å²) in [5.74, 6) is 2.42. The molecule has 1 aromatic carbocycles. The van der Waals surface area contributed by atoms with Crippen molar-refractivity contribution in [3.05, 3.63) is 23.3 Å². The van der Waals surface area contributed by atoms with Gasteiger partial charge in [0.05, 0.1) is 14.2 Å². The van der Waals surface area contributed by atoms with Gasteiger partial charge < -0.3 is 14.8 Å². The molecular formula is C15H23NO2. The first-order chi connectivity index (χ1) is 8.72. The maximum atomic E-state index is 5.54. The molecule has 0 amide bonds. The lowest BCUT2D eigenvalue weighted by atomic mass is 9.84. The molecule has 0 spiro atoms. The largest absolute Gasteiger partial charge is 0.496 e. The number of hydrogen-bond donors (Lipinski definition) is 1. The van der Waals surface area contributed by atoms with Crippen LogP contribution >= 0.6 is 0 Å². The first-order valence-electron chi connectivity index (χ1n) is 6.71. The number of nitrogens with one attached hydrogen (secondary N) is 1. The summed E-state index contributed by atoms with van der Waals surface area (Å²) < 4.78 is 11.1. The zero-order valence-electron chi connectivity index (χ0n) is 11.7. The van der Waals surface area contributed by atoms with Crippen molar-refractivity contribution < 1.29 is 9.47 Å². The maximum absolute atomic E-state index is 5.54. The van der Waals surface area contributed by atoms with E-state index in [9.17, 15) is 0 Å². The van der Waals surface area contributed by atoms with Crippen molar-refractivity contribution in [3.8, 4) is 11.5 Å². The third kappa shape index (κ3) is 2.19. The van der Waals surface area contributed by atoms with Gasteiger partial charge in [0, 0.05) is 23.7 Å². The minimum atomic E-state index is 0.381. The summed E-state index contributed by atoms with van der Waals surface area (Å²) in [6, 6.07) is 4.41. The highest BCUT2D eigenvalue weighted by Crippen LogP contribution is 2.43. The third-order valence-electron chi connectivity index (χ3n) is 3.74. The Hall–Kier alpha value is -1.22. The zero-order chi connectivity index (χ0) is 13.1. The van der Waals surface area contributed by atoms with Crippen LogP contribution in [0.15, 0.2) is 12.1 Å². The molecule has 1 aliphatic heterocycles. The van der Waals surface area contributed by atoms with Crippen molar-refractivity contribution in [2.24, 2.45) is 0 Å². The molecule has 2 rings (SSSR count). The number of fused-ring (bicyclic) bond motifs is 1. The lowest BCUT2D eigenvalue weighted by molar-refractivity contribution is 0.359. The van der Waals surface area contributed by atoms with Gasteiger partial charge in [-0.05, 0) is 24.5 Å². The second-order valence-corrected chi connectivity index (χ2v) is 4.95. The van der Waals surface area contributed by atoms with Gasteiger partial charge in [-0.2, -0.15) is 0 Å². The van der Waals surface area contributed by atoms with Gasteiger partial charge in [-0.25, -0.2) is 0 Å². The van der Waals surface area contributed by atoms with Crippen molar-refractivity contribution in [1.29, 1.82) is 0 Å². The lowest BCUT2D eigenvalue weighted by Crippen LogP contribution is -2.32. The van der Waals surface area contributed by atoms with Crippen molar-refractivity contribution in [1.82, 2.24) is 5.32 Å². The molecule has 1 heterocycles. The maximum Gasteiger partial charge on any atom is 0.124 e. The summed E-state index contributed by atoms with van der Waals surface area (Å²) in [6.45, 7) is 5.45. The number of ether oxygens (including phenoxy) is 2. The van der Waals surface area contributed by atoms with Gasteiger partial charge >= 0.3 is 0 Å². The van der Waals surface area contributed by atoms with Crippen LogP contribution in [0.4, 0.5) is 0 Å². The average molecular weight is 249 g/mol. The molecule has 2 atom stereocenters. The van der Waals surface area contributed by atoms with E-state index in [0.29, 0.717) is 12.0 Å². The normalized spacial score (nSPS) is 22.4. The molecule has 3 heteroatoms. The van der Waals surface area contributed by atoms with Crippen molar-refractivity contribution in [3.63, 3.8) is 0 Å². The highest BCUT2D eigenvalue weighted by molar-refractivity contribution is 5.53. The zero-order valence-corrected chi connectivity index (χ0v) is 11.7. The Balaban J connectivity index is 2.55. The van der Waals surface area contributed by atoms with Crippen molar-refractivity contribution in [2.45, 2.75) is 38.6 Å². The van der Waals surface area contributed by atoms with Crippen LogP contribution in [-0.4, -0.2) is 20.8 Å². The van der Waals surface area contributed by atoms with E-state index >= 15 is 0 Å². The van der Waals surface area contributed by atoms with Gasteiger partial charge in [-0.15, -0.1) is 0 Å². The molecule has 0 aromatic heterocycles. The Morgan fingerprint density at radius 1 is 1.17 bits per heavy atom. The van der Waals surface area contributed by atoms with E-state index in [1.807, 2.05) is 12.1 Å². The smallest absolute Gasteiger partial charge is 0.124 e. The van der Waals surface area contributed by atoms with E-state index in [1.165, 1.54) is 11.1 Å². The van der Waals surface area contributed by atoms with E-state index in [0.717, 1.165) is 30.9 Å². The van der Waals surface area contributed by atoms with E-state index in [4.69, 9.17) is 9.47 Å². The first kappa shape index (κ1) is 13.2. The van der Waals surface area contributed by atoms with Crippen LogP contribution in [0.2, 0.25) is 0 Å². The fourth-order valence-electron chi connectivity index (χ4n) is 2.88. The first-order valence-corrected chi connectivity index (χ1v) is 6.71. The van der Waals surface area contributed by atoms with Crippen molar-refractivity contribution in [2.75, 3.05) is 20.8 Å². The Bertz CT molecular complexity index is 417.